The summed E-state index contributed by atoms with van der Waals surface area (Å²) in [4.78, 5) is 24.5. The van der Waals surface area contributed by atoms with Gasteiger partial charge in [0.05, 0.1) is 5.54 Å². The third kappa shape index (κ3) is 5.57. The minimum atomic E-state index is -0.882. The van der Waals surface area contributed by atoms with Crippen molar-refractivity contribution in [2.24, 2.45) is 0 Å². The van der Waals surface area contributed by atoms with Crippen LogP contribution in [0.15, 0.2) is 30.3 Å². The Morgan fingerprint density at radius 3 is 2.48 bits per heavy atom. The van der Waals surface area contributed by atoms with Crippen molar-refractivity contribution in [3.8, 4) is 12.3 Å². The number of hydrogen-bond donors (Lipinski definition) is 2. The summed E-state index contributed by atoms with van der Waals surface area (Å²) in [5.74, 6) is 1.62. The monoisotopic (exact) mass is 288 g/mol. The Labute approximate surface area is 125 Å². The molecule has 0 aliphatic rings. The van der Waals surface area contributed by atoms with Crippen LogP contribution in [0.4, 0.5) is 10.5 Å². The van der Waals surface area contributed by atoms with Gasteiger partial charge in [0.15, 0.2) is 0 Å². The molecule has 0 aromatic heterocycles. The lowest BCUT2D eigenvalue weighted by Gasteiger charge is -2.28. The Morgan fingerprint density at radius 2 is 1.95 bits per heavy atom. The minimum absolute atomic E-state index is 0.00907. The average molecular weight is 288 g/mol. The maximum absolute atomic E-state index is 12.4. The number of nitrogens with zero attached hydrogens (tertiary/aromatic N) is 1. The molecule has 1 rings (SSSR count). The predicted octanol–water partition coefficient (Wildman–Crippen LogP) is 2.48. The van der Waals surface area contributed by atoms with E-state index in [1.165, 1.54) is 4.90 Å². The lowest BCUT2D eigenvalue weighted by atomic mass is 10.1. The number of nitrogens with one attached hydrogen (secondary N) is 1. The summed E-state index contributed by atoms with van der Waals surface area (Å²) in [6, 6.07) is 8.74. The maximum Gasteiger partial charge on any atom is 0.323 e. The molecule has 0 heterocycles. The third-order valence-electron chi connectivity index (χ3n) is 2.87. The minimum Gasteiger partial charge on any atom is -0.481 e. The Balaban J connectivity index is 2.84. The predicted molar refractivity (Wildman–Crippen MR) is 82.1 cm³/mol. The summed E-state index contributed by atoms with van der Waals surface area (Å²) in [5.41, 5.74) is -0.0649. The van der Waals surface area contributed by atoms with Crippen LogP contribution in [-0.4, -0.2) is 29.2 Å². The van der Waals surface area contributed by atoms with Gasteiger partial charge < -0.3 is 10.4 Å². The molecular weight excluding hydrogens is 268 g/mol. The highest BCUT2D eigenvalue weighted by Crippen LogP contribution is 2.15. The highest BCUT2D eigenvalue weighted by Gasteiger charge is 2.22. The summed E-state index contributed by atoms with van der Waals surface area (Å²) in [7, 11) is 0. The first kappa shape index (κ1) is 16.6. The SMILES string of the molecule is C#CC(C)(C)NC(=O)N(CCCC(=O)O)c1ccccc1. The van der Waals surface area contributed by atoms with Crippen LogP contribution in [0.1, 0.15) is 26.7 Å². The van der Waals surface area contributed by atoms with E-state index < -0.39 is 11.5 Å². The van der Waals surface area contributed by atoms with Gasteiger partial charge in [-0.15, -0.1) is 6.42 Å². The van der Waals surface area contributed by atoms with E-state index in [-0.39, 0.29) is 12.5 Å². The normalized spacial score (nSPS) is 10.5. The third-order valence-corrected chi connectivity index (χ3v) is 2.87. The van der Waals surface area contributed by atoms with Crippen molar-refractivity contribution in [1.29, 1.82) is 0 Å². The van der Waals surface area contributed by atoms with Crippen molar-refractivity contribution < 1.29 is 14.7 Å². The Bertz CT molecular complexity index is 532. The first-order valence-electron chi connectivity index (χ1n) is 6.70. The van der Waals surface area contributed by atoms with E-state index in [4.69, 9.17) is 11.5 Å². The maximum atomic E-state index is 12.4. The number of carboxylic acids is 1. The molecule has 5 nitrogen and oxygen atoms in total. The van der Waals surface area contributed by atoms with Crippen LogP contribution >= 0.6 is 0 Å². The van der Waals surface area contributed by atoms with Gasteiger partial charge in [-0.1, -0.05) is 24.1 Å². The fraction of sp³-hybridized carbons (Fsp3) is 0.375. The van der Waals surface area contributed by atoms with E-state index in [0.29, 0.717) is 18.7 Å². The summed E-state index contributed by atoms with van der Waals surface area (Å²) < 4.78 is 0. The topological polar surface area (TPSA) is 69.6 Å². The van der Waals surface area contributed by atoms with Gasteiger partial charge in [-0.25, -0.2) is 4.79 Å². The average Bonchev–Trinajstić information content (AvgIpc) is 2.43. The molecule has 0 atom stereocenters. The number of carboxylic acid groups (broad SMARTS) is 1. The molecule has 2 N–H and O–H groups in total. The first-order chi connectivity index (χ1) is 9.85. The van der Waals surface area contributed by atoms with Crippen LogP contribution in [0.5, 0.6) is 0 Å². The van der Waals surface area contributed by atoms with E-state index in [9.17, 15) is 9.59 Å². The van der Waals surface area contributed by atoms with Crippen molar-refractivity contribution >= 4 is 17.7 Å². The molecular formula is C16H20N2O3. The van der Waals surface area contributed by atoms with Crippen LogP contribution in [0.3, 0.4) is 0 Å². The number of carbonyl (C=O) groups excluding carboxylic acids is 1. The summed E-state index contributed by atoms with van der Waals surface area (Å²) in [6.45, 7) is 3.76. The largest absolute Gasteiger partial charge is 0.481 e. The molecule has 0 radical (unpaired) electrons. The number of hydrogen-bond acceptors (Lipinski definition) is 2. The van der Waals surface area contributed by atoms with Gasteiger partial charge in [-0.3, -0.25) is 9.69 Å². The van der Waals surface area contributed by atoms with Crippen LogP contribution in [-0.2, 0) is 4.79 Å². The molecule has 0 unspecified atom stereocenters. The molecule has 0 spiro atoms. The number of para-hydroxylation sites is 1. The van der Waals surface area contributed by atoms with Gasteiger partial charge in [-0.05, 0) is 32.4 Å². The second kappa shape index (κ2) is 7.34. The number of terminal acetylenes is 1. The smallest absolute Gasteiger partial charge is 0.323 e. The number of urea groups is 1. The molecule has 1 aromatic rings. The molecule has 1 aromatic carbocycles. The highest BCUT2D eigenvalue weighted by molar-refractivity contribution is 5.92. The molecule has 112 valence electrons. The van der Waals surface area contributed by atoms with Gasteiger partial charge >= 0.3 is 12.0 Å². The zero-order valence-electron chi connectivity index (χ0n) is 12.3. The van der Waals surface area contributed by atoms with Gasteiger partial charge in [0.1, 0.15) is 0 Å². The zero-order valence-corrected chi connectivity index (χ0v) is 12.3. The van der Waals surface area contributed by atoms with Crippen molar-refractivity contribution in [3.05, 3.63) is 30.3 Å². The lowest BCUT2D eigenvalue weighted by Crippen LogP contribution is -2.50. The van der Waals surface area contributed by atoms with Gasteiger partial charge in [0, 0.05) is 18.7 Å². The molecule has 0 fully saturated rings. The molecule has 0 aliphatic carbocycles. The molecule has 0 aliphatic heterocycles. The Kier molecular flexibility index (Phi) is 5.79. The number of benzene rings is 1. The van der Waals surface area contributed by atoms with E-state index in [2.05, 4.69) is 11.2 Å². The van der Waals surface area contributed by atoms with Gasteiger partial charge in [0.25, 0.3) is 0 Å². The summed E-state index contributed by atoms with van der Waals surface area (Å²) >= 11 is 0. The van der Waals surface area contributed by atoms with E-state index in [1.54, 1.807) is 26.0 Å². The van der Waals surface area contributed by atoms with E-state index in [0.717, 1.165) is 0 Å². The molecule has 5 heteroatoms. The number of aliphatic carboxylic acids is 1. The van der Waals surface area contributed by atoms with Crippen molar-refractivity contribution in [3.63, 3.8) is 0 Å². The first-order valence-corrected chi connectivity index (χ1v) is 6.70. The second-order valence-electron chi connectivity index (χ2n) is 5.18. The van der Waals surface area contributed by atoms with Crippen molar-refractivity contribution in [1.82, 2.24) is 5.32 Å². The van der Waals surface area contributed by atoms with Crippen LogP contribution < -0.4 is 10.2 Å². The lowest BCUT2D eigenvalue weighted by molar-refractivity contribution is -0.137. The van der Waals surface area contributed by atoms with Crippen LogP contribution in [0.2, 0.25) is 0 Å². The number of amides is 2. The van der Waals surface area contributed by atoms with E-state index in [1.807, 2.05) is 18.2 Å². The van der Waals surface area contributed by atoms with Crippen LogP contribution in [0, 0.1) is 12.3 Å². The van der Waals surface area contributed by atoms with Gasteiger partial charge in [-0.2, -0.15) is 0 Å². The Hall–Kier alpha value is -2.48. The van der Waals surface area contributed by atoms with Gasteiger partial charge in [0.2, 0.25) is 0 Å². The fourth-order valence-electron chi connectivity index (χ4n) is 1.72. The molecule has 0 bridgehead atoms. The number of anilines is 1. The van der Waals surface area contributed by atoms with Crippen LogP contribution in [0.25, 0.3) is 0 Å². The highest BCUT2D eigenvalue weighted by atomic mass is 16.4. The fourth-order valence-corrected chi connectivity index (χ4v) is 1.72. The second-order valence-corrected chi connectivity index (χ2v) is 5.18. The van der Waals surface area contributed by atoms with E-state index >= 15 is 0 Å². The van der Waals surface area contributed by atoms with Crippen molar-refractivity contribution in [2.45, 2.75) is 32.2 Å². The quantitative estimate of drug-likeness (QED) is 0.790. The Morgan fingerprint density at radius 1 is 1.33 bits per heavy atom. The number of carbonyl (C=O) groups is 2. The molecule has 2 amide bonds. The zero-order chi connectivity index (χ0) is 15.9. The molecule has 0 saturated heterocycles. The molecule has 21 heavy (non-hydrogen) atoms. The summed E-state index contributed by atoms with van der Waals surface area (Å²) in [6.07, 6.45) is 5.75. The summed E-state index contributed by atoms with van der Waals surface area (Å²) in [5, 5.41) is 11.5. The standard InChI is InChI=1S/C16H20N2O3/c1-4-16(2,3)17-15(21)18(12-8-11-14(19)20)13-9-6-5-7-10-13/h1,5-7,9-10H,8,11-12H2,2-3H3,(H,17,21)(H,19,20). The molecule has 0 saturated carbocycles. The number of rotatable bonds is 6. The van der Waals surface area contributed by atoms with Crippen molar-refractivity contribution in [2.75, 3.05) is 11.4 Å².